The van der Waals surface area contributed by atoms with Gasteiger partial charge in [0.05, 0.1) is 45.2 Å². The third-order valence-corrected chi connectivity index (χ3v) is 7.23. The Morgan fingerprint density at radius 1 is 1.00 bits per heavy atom. The van der Waals surface area contributed by atoms with Crippen molar-refractivity contribution in [1.29, 1.82) is 0 Å². The Morgan fingerprint density at radius 3 is 2.52 bits per heavy atom. The number of likely N-dealkylation sites (tertiary alicyclic amines) is 1. The predicted octanol–water partition coefficient (Wildman–Crippen LogP) is 4.42. The van der Waals surface area contributed by atoms with Crippen LogP contribution in [0.2, 0.25) is 0 Å². The average Bonchev–Trinajstić information content (AvgIpc) is 3.23. The van der Waals surface area contributed by atoms with Gasteiger partial charge in [-0.15, -0.1) is 0 Å². The molecule has 2 aromatic rings. The number of benzene rings is 2. The van der Waals surface area contributed by atoms with E-state index in [1.54, 1.807) is 48.4 Å². The summed E-state index contributed by atoms with van der Waals surface area (Å²) in [5, 5.41) is 11.5. The van der Waals surface area contributed by atoms with Gasteiger partial charge in [-0.25, -0.2) is 0 Å². The molecular weight excluding hydrogens is 512 g/mol. The van der Waals surface area contributed by atoms with Crippen LogP contribution in [0.3, 0.4) is 0 Å². The van der Waals surface area contributed by atoms with Crippen molar-refractivity contribution in [3.63, 3.8) is 0 Å². The summed E-state index contributed by atoms with van der Waals surface area (Å²) >= 11 is 0. The second kappa shape index (κ2) is 14.2. The van der Waals surface area contributed by atoms with Crippen LogP contribution in [0.15, 0.2) is 48.0 Å². The fourth-order valence-corrected chi connectivity index (χ4v) is 5.09. The minimum atomic E-state index is -0.792. The molecule has 2 saturated heterocycles. The van der Waals surface area contributed by atoms with Crippen molar-refractivity contribution >= 4 is 17.4 Å². The van der Waals surface area contributed by atoms with Crippen LogP contribution in [-0.2, 0) is 14.3 Å². The summed E-state index contributed by atoms with van der Waals surface area (Å²) in [6, 6.07) is 11.5. The summed E-state index contributed by atoms with van der Waals surface area (Å²) in [7, 11) is 1.56. The van der Waals surface area contributed by atoms with E-state index in [0.717, 1.165) is 32.4 Å². The van der Waals surface area contributed by atoms with Crippen molar-refractivity contribution in [2.75, 3.05) is 59.7 Å². The highest BCUT2D eigenvalue weighted by Gasteiger charge is 2.46. The number of Topliss-reactive ketones (excluding diaryl/α,β-unsaturated/α-hetero) is 1. The first-order valence-electron chi connectivity index (χ1n) is 14.1. The van der Waals surface area contributed by atoms with Crippen molar-refractivity contribution in [3.05, 3.63) is 59.2 Å². The fourth-order valence-electron chi connectivity index (χ4n) is 5.09. The highest BCUT2D eigenvalue weighted by Crippen LogP contribution is 2.42. The van der Waals surface area contributed by atoms with Gasteiger partial charge in [-0.05, 0) is 43.2 Å². The zero-order valence-corrected chi connectivity index (χ0v) is 23.7. The highest BCUT2D eigenvalue weighted by molar-refractivity contribution is 6.46. The SMILES string of the molecule is CCCCCOc1ccc(C2/C(=C(\O)c3cccc(OCC)c3)C(=O)C(=O)N2CCN2CCOCC2)cc1OC. The molecule has 2 fully saturated rings. The van der Waals surface area contributed by atoms with Crippen molar-refractivity contribution in [2.24, 2.45) is 0 Å². The van der Waals surface area contributed by atoms with Gasteiger partial charge in [0.1, 0.15) is 11.5 Å². The van der Waals surface area contributed by atoms with Gasteiger partial charge in [-0.2, -0.15) is 0 Å². The van der Waals surface area contributed by atoms with Gasteiger partial charge >= 0.3 is 0 Å². The van der Waals surface area contributed by atoms with Crippen molar-refractivity contribution in [2.45, 2.75) is 39.2 Å². The molecular formula is C31H40N2O7. The maximum absolute atomic E-state index is 13.5. The van der Waals surface area contributed by atoms with Crippen molar-refractivity contribution < 1.29 is 33.6 Å². The van der Waals surface area contributed by atoms with E-state index in [-0.39, 0.29) is 11.3 Å². The van der Waals surface area contributed by atoms with Gasteiger partial charge in [-0.3, -0.25) is 14.5 Å². The number of aliphatic hydroxyl groups is 1. The average molecular weight is 553 g/mol. The molecule has 2 aliphatic heterocycles. The summed E-state index contributed by atoms with van der Waals surface area (Å²) in [6.07, 6.45) is 3.10. The van der Waals surface area contributed by atoms with E-state index in [4.69, 9.17) is 18.9 Å². The Morgan fingerprint density at radius 2 is 1.80 bits per heavy atom. The first-order chi connectivity index (χ1) is 19.5. The normalized spacial score (nSPS) is 19.2. The van der Waals surface area contributed by atoms with Gasteiger partial charge in [-0.1, -0.05) is 38.0 Å². The maximum Gasteiger partial charge on any atom is 0.295 e. The summed E-state index contributed by atoms with van der Waals surface area (Å²) < 4.78 is 22.6. The van der Waals surface area contributed by atoms with Crippen molar-refractivity contribution in [1.82, 2.24) is 9.80 Å². The quantitative estimate of drug-likeness (QED) is 0.169. The van der Waals surface area contributed by atoms with Gasteiger partial charge in [0.15, 0.2) is 11.5 Å². The smallest absolute Gasteiger partial charge is 0.295 e. The number of ether oxygens (including phenoxy) is 4. The Kier molecular flexibility index (Phi) is 10.4. The van der Waals surface area contributed by atoms with E-state index in [1.807, 2.05) is 13.0 Å². The Balaban J connectivity index is 1.72. The number of aliphatic hydroxyl groups excluding tert-OH is 1. The number of carbonyl (C=O) groups is 2. The van der Waals surface area contributed by atoms with Crippen LogP contribution in [0.5, 0.6) is 17.2 Å². The minimum absolute atomic E-state index is 0.0410. The number of amides is 1. The number of nitrogens with zero attached hydrogens (tertiary/aromatic N) is 2. The van der Waals surface area contributed by atoms with Crippen LogP contribution < -0.4 is 14.2 Å². The number of hydrogen-bond donors (Lipinski definition) is 1. The summed E-state index contributed by atoms with van der Waals surface area (Å²) in [4.78, 5) is 30.6. The molecule has 9 nitrogen and oxygen atoms in total. The molecule has 0 saturated carbocycles. The zero-order chi connectivity index (χ0) is 28.5. The molecule has 0 spiro atoms. The van der Waals surface area contributed by atoms with Crippen molar-refractivity contribution in [3.8, 4) is 17.2 Å². The largest absolute Gasteiger partial charge is 0.507 e. The number of ketones is 1. The first kappa shape index (κ1) is 29.4. The van der Waals surface area contributed by atoms with Gasteiger partial charge in [0.2, 0.25) is 0 Å². The van der Waals surface area contributed by atoms with E-state index < -0.39 is 17.7 Å². The zero-order valence-electron chi connectivity index (χ0n) is 23.7. The topological polar surface area (TPSA) is 97.8 Å². The van der Waals surface area contributed by atoms with Crippen LogP contribution in [0.1, 0.15) is 50.3 Å². The minimum Gasteiger partial charge on any atom is -0.507 e. The Hall–Kier alpha value is -3.56. The number of rotatable bonds is 13. The molecule has 9 heteroatoms. The molecule has 1 amide bonds. The van der Waals surface area contributed by atoms with Crippen LogP contribution in [0, 0.1) is 0 Å². The molecule has 0 aliphatic carbocycles. The van der Waals surface area contributed by atoms with E-state index >= 15 is 0 Å². The molecule has 2 aromatic carbocycles. The molecule has 1 unspecified atom stereocenters. The van der Waals surface area contributed by atoms with E-state index in [1.165, 1.54) is 0 Å². The lowest BCUT2D eigenvalue weighted by Crippen LogP contribution is -2.42. The second-order valence-corrected chi connectivity index (χ2v) is 9.87. The summed E-state index contributed by atoms with van der Waals surface area (Å²) in [5.41, 5.74) is 1.10. The standard InChI is InChI=1S/C31H40N2O7/c1-4-6-7-17-40-25-12-11-22(21-26(25)37-3)28-27(29(34)23-9-8-10-24(20-23)39-5-2)30(35)31(36)33(28)14-13-32-15-18-38-19-16-32/h8-12,20-21,28,34H,4-7,13-19H2,1-3H3/b29-27+. The molecule has 1 N–H and O–H groups in total. The summed E-state index contributed by atoms with van der Waals surface area (Å²) in [6.45, 7) is 8.73. The number of morpholine rings is 1. The fraction of sp³-hybridized carbons (Fsp3) is 0.484. The monoisotopic (exact) mass is 552 g/mol. The van der Waals surface area contributed by atoms with E-state index in [9.17, 15) is 14.7 Å². The Bertz CT molecular complexity index is 1210. The third-order valence-electron chi connectivity index (χ3n) is 7.23. The predicted molar refractivity (Wildman–Crippen MR) is 152 cm³/mol. The molecule has 4 rings (SSSR count). The molecule has 2 aliphatic rings. The molecule has 0 radical (unpaired) electrons. The molecule has 40 heavy (non-hydrogen) atoms. The van der Waals surface area contributed by atoms with Crippen LogP contribution in [0.4, 0.5) is 0 Å². The lowest BCUT2D eigenvalue weighted by molar-refractivity contribution is -0.140. The molecule has 1 atom stereocenters. The van der Waals surface area contributed by atoms with Gasteiger partial charge in [0, 0.05) is 31.7 Å². The second-order valence-electron chi connectivity index (χ2n) is 9.87. The van der Waals surface area contributed by atoms with Crippen LogP contribution in [-0.4, -0.2) is 86.3 Å². The first-order valence-corrected chi connectivity index (χ1v) is 14.1. The molecule has 0 bridgehead atoms. The molecule has 216 valence electrons. The maximum atomic E-state index is 13.5. The van der Waals surface area contributed by atoms with Crippen LogP contribution in [0.25, 0.3) is 5.76 Å². The molecule has 2 heterocycles. The van der Waals surface area contributed by atoms with E-state index in [2.05, 4.69) is 11.8 Å². The molecule has 0 aromatic heterocycles. The third kappa shape index (κ3) is 6.77. The van der Waals surface area contributed by atoms with Gasteiger partial charge in [0.25, 0.3) is 11.7 Å². The number of carbonyl (C=O) groups excluding carboxylic acids is 2. The number of hydrogen-bond acceptors (Lipinski definition) is 8. The highest BCUT2D eigenvalue weighted by atomic mass is 16.5. The number of unbranched alkanes of at least 4 members (excludes halogenated alkanes) is 2. The number of methoxy groups -OCH3 is 1. The lowest BCUT2D eigenvalue weighted by Gasteiger charge is -2.31. The summed E-state index contributed by atoms with van der Waals surface area (Å²) in [5.74, 6) is 0.0708. The Labute approximate surface area is 236 Å². The van der Waals surface area contributed by atoms with E-state index in [0.29, 0.717) is 67.9 Å². The van der Waals surface area contributed by atoms with Gasteiger partial charge < -0.3 is 29.0 Å². The van der Waals surface area contributed by atoms with Crippen LogP contribution >= 0.6 is 0 Å². The lowest BCUT2D eigenvalue weighted by atomic mass is 9.95.